The number of allylic oxidation sites excluding steroid dienone is 2. The van der Waals surface area contributed by atoms with Crippen LogP contribution >= 0.6 is 0 Å². The second-order valence-corrected chi connectivity index (χ2v) is 6.18. The number of aromatic nitrogens is 2. The Labute approximate surface area is 151 Å². The third-order valence-electron chi connectivity index (χ3n) is 4.28. The number of fused-ring (bicyclic) bond motifs is 1. The van der Waals surface area contributed by atoms with Crippen LogP contribution in [-0.4, -0.2) is 20.4 Å². The number of rotatable bonds is 1. The Morgan fingerprint density at radius 2 is 1.92 bits per heavy atom. The molecule has 2 N–H and O–H groups in total. The Morgan fingerprint density at radius 1 is 1.15 bits per heavy atom. The van der Waals surface area contributed by atoms with Gasteiger partial charge in [0, 0.05) is 25.7 Å². The van der Waals surface area contributed by atoms with Gasteiger partial charge < -0.3 is 14.8 Å². The summed E-state index contributed by atoms with van der Waals surface area (Å²) in [7, 11) is 1.91. The van der Waals surface area contributed by atoms with Gasteiger partial charge in [-0.3, -0.25) is 5.43 Å². The third kappa shape index (κ3) is 2.77. The van der Waals surface area contributed by atoms with Gasteiger partial charge in [0.05, 0.1) is 11.4 Å². The van der Waals surface area contributed by atoms with Gasteiger partial charge in [0.15, 0.2) is 11.5 Å². The van der Waals surface area contributed by atoms with Gasteiger partial charge in [-0.2, -0.15) is 4.99 Å². The molecule has 0 bridgehead atoms. The molecule has 4 rings (SSSR count). The molecule has 0 saturated carbocycles. The monoisotopic (exact) mass is 346 g/mol. The topological polar surface area (TPSA) is 72.9 Å². The lowest BCUT2D eigenvalue weighted by Gasteiger charge is -2.29. The van der Waals surface area contributed by atoms with Gasteiger partial charge in [-0.05, 0) is 18.8 Å². The van der Waals surface area contributed by atoms with Crippen LogP contribution in [0.4, 0.5) is 0 Å². The summed E-state index contributed by atoms with van der Waals surface area (Å²) in [6, 6.07) is 9.97. The van der Waals surface area contributed by atoms with Crippen LogP contribution in [0.2, 0.25) is 0 Å². The minimum Gasteiger partial charge on any atom is -0.624 e. The molecule has 2 aromatic rings. The first-order valence-electron chi connectivity index (χ1n) is 8.23. The van der Waals surface area contributed by atoms with Crippen LogP contribution in [0.5, 0.6) is 0 Å². The van der Waals surface area contributed by atoms with E-state index < -0.39 is 0 Å². The maximum atomic E-state index is 11.9. The van der Waals surface area contributed by atoms with E-state index in [1.807, 2.05) is 55.1 Å². The van der Waals surface area contributed by atoms with Crippen molar-refractivity contribution >= 4 is 5.84 Å². The SMILES string of the molecule is CC1=C[NH+]([O-])C(C)=C2N=C(C#Cc3nc(-c4ccccc4)cn3C)NN12. The summed E-state index contributed by atoms with van der Waals surface area (Å²) in [6.07, 6.45) is 3.54. The van der Waals surface area contributed by atoms with Gasteiger partial charge in [0.1, 0.15) is 6.20 Å². The van der Waals surface area contributed by atoms with Crippen molar-refractivity contribution in [3.05, 3.63) is 71.0 Å². The van der Waals surface area contributed by atoms with Crippen molar-refractivity contribution in [3.63, 3.8) is 0 Å². The third-order valence-corrected chi connectivity index (χ3v) is 4.28. The molecule has 0 amide bonds. The maximum Gasteiger partial charge on any atom is 0.212 e. The zero-order valence-corrected chi connectivity index (χ0v) is 14.7. The van der Waals surface area contributed by atoms with Crippen molar-refractivity contribution in [2.75, 3.05) is 0 Å². The molecule has 0 saturated heterocycles. The second-order valence-electron chi connectivity index (χ2n) is 6.18. The van der Waals surface area contributed by atoms with E-state index in [1.165, 1.54) is 0 Å². The summed E-state index contributed by atoms with van der Waals surface area (Å²) in [5.41, 5.74) is 6.43. The normalized spacial score (nSPS) is 18.6. The molecule has 0 fully saturated rings. The summed E-state index contributed by atoms with van der Waals surface area (Å²) in [5.74, 6) is 7.80. The van der Waals surface area contributed by atoms with Crippen molar-refractivity contribution in [3.8, 4) is 23.1 Å². The number of hydrogen-bond acceptors (Lipinski definition) is 5. The van der Waals surface area contributed by atoms with Gasteiger partial charge in [-0.15, -0.1) is 0 Å². The van der Waals surface area contributed by atoms with E-state index in [2.05, 4.69) is 27.2 Å². The number of aliphatic imine (C=N–C) groups is 1. The van der Waals surface area contributed by atoms with Gasteiger partial charge >= 0.3 is 0 Å². The van der Waals surface area contributed by atoms with Crippen molar-refractivity contribution in [2.24, 2.45) is 12.0 Å². The fourth-order valence-electron chi connectivity index (χ4n) is 2.82. The average Bonchev–Trinajstić information content (AvgIpc) is 3.23. The zero-order valence-electron chi connectivity index (χ0n) is 14.7. The van der Waals surface area contributed by atoms with Crippen molar-refractivity contribution in [1.82, 2.24) is 20.0 Å². The lowest BCUT2D eigenvalue weighted by atomic mass is 10.2. The summed E-state index contributed by atoms with van der Waals surface area (Å²) in [6.45, 7) is 3.62. The first-order valence-corrected chi connectivity index (χ1v) is 8.23. The highest BCUT2D eigenvalue weighted by molar-refractivity contribution is 6.00. The molecule has 1 aromatic carbocycles. The molecular formula is C19H18N6O. The highest BCUT2D eigenvalue weighted by Crippen LogP contribution is 2.20. The minimum atomic E-state index is -0.0230. The van der Waals surface area contributed by atoms with Crippen LogP contribution in [0.15, 0.2) is 64.9 Å². The molecule has 0 aliphatic carbocycles. The predicted octanol–water partition coefficient (Wildman–Crippen LogP) is 1.10. The molecule has 0 radical (unpaired) electrons. The number of amidine groups is 1. The molecule has 130 valence electrons. The lowest BCUT2D eigenvalue weighted by Crippen LogP contribution is -3.01. The van der Waals surface area contributed by atoms with E-state index in [1.54, 1.807) is 18.1 Å². The van der Waals surface area contributed by atoms with Gasteiger partial charge in [-0.1, -0.05) is 30.3 Å². The summed E-state index contributed by atoms with van der Waals surface area (Å²) in [5, 5.41) is 13.7. The van der Waals surface area contributed by atoms with Crippen LogP contribution in [0, 0.1) is 17.0 Å². The summed E-state index contributed by atoms with van der Waals surface area (Å²) >= 11 is 0. The van der Waals surface area contributed by atoms with Gasteiger partial charge in [0.2, 0.25) is 11.7 Å². The van der Waals surface area contributed by atoms with Gasteiger partial charge in [0.25, 0.3) is 0 Å². The quantitative estimate of drug-likeness (QED) is 0.599. The summed E-state index contributed by atoms with van der Waals surface area (Å²) < 4.78 is 1.89. The van der Waals surface area contributed by atoms with E-state index in [-0.39, 0.29) is 5.06 Å². The molecule has 0 spiro atoms. The smallest absolute Gasteiger partial charge is 0.212 e. The number of aryl methyl sites for hydroxylation is 1. The van der Waals surface area contributed by atoms with Crippen molar-refractivity contribution in [1.29, 1.82) is 0 Å². The Morgan fingerprint density at radius 3 is 2.69 bits per heavy atom. The van der Waals surface area contributed by atoms with Crippen LogP contribution in [0.1, 0.15) is 19.7 Å². The molecule has 26 heavy (non-hydrogen) atoms. The molecule has 1 atom stereocenters. The fraction of sp³-hybridized carbons (Fsp3) is 0.158. The number of hydrazine groups is 1. The number of nitrogens with one attached hydrogen (secondary N) is 2. The predicted molar refractivity (Wildman–Crippen MR) is 98.7 cm³/mol. The fourth-order valence-corrected chi connectivity index (χ4v) is 2.82. The molecule has 7 nitrogen and oxygen atoms in total. The largest absolute Gasteiger partial charge is 0.624 e. The minimum absolute atomic E-state index is 0.0230. The Bertz CT molecular complexity index is 1020. The van der Waals surface area contributed by atoms with Crippen molar-refractivity contribution < 1.29 is 5.06 Å². The van der Waals surface area contributed by atoms with E-state index >= 15 is 0 Å². The molecule has 3 heterocycles. The van der Waals surface area contributed by atoms with Gasteiger partial charge in [-0.25, -0.2) is 9.99 Å². The van der Waals surface area contributed by atoms with E-state index in [4.69, 9.17) is 0 Å². The first kappa shape index (κ1) is 16.1. The number of nitrogens with zero attached hydrogens (tertiary/aromatic N) is 4. The number of quaternary nitrogens is 1. The number of hydrogen-bond donors (Lipinski definition) is 2. The molecule has 1 aromatic heterocycles. The molecule has 2 aliphatic rings. The number of benzene rings is 1. The van der Waals surface area contributed by atoms with E-state index in [9.17, 15) is 5.21 Å². The molecular weight excluding hydrogens is 328 g/mol. The highest BCUT2D eigenvalue weighted by atomic mass is 16.5. The van der Waals surface area contributed by atoms with Crippen LogP contribution < -0.4 is 10.5 Å². The molecule has 2 aliphatic heterocycles. The van der Waals surface area contributed by atoms with Crippen molar-refractivity contribution in [2.45, 2.75) is 13.8 Å². The van der Waals surface area contributed by atoms with Crippen LogP contribution in [0.3, 0.4) is 0 Å². The Kier molecular flexibility index (Phi) is 3.84. The maximum absolute atomic E-state index is 11.9. The van der Waals surface area contributed by atoms with E-state index in [0.717, 1.165) is 17.0 Å². The summed E-state index contributed by atoms with van der Waals surface area (Å²) in [4.78, 5) is 9.03. The van der Waals surface area contributed by atoms with E-state index in [0.29, 0.717) is 23.2 Å². The number of hydroxylamine groups is 2. The molecule has 7 heteroatoms. The van der Waals surface area contributed by atoms with Crippen LogP contribution in [0.25, 0.3) is 11.3 Å². The lowest BCUT2D eigenvalue weighted by molar-refractivity contribution is -0.750. The second kappa shape index (κ2) is 6.19. The zero-order chi connectivity index (χ0) is 18.3. The Balaban J connectivity index is 1.62. The Hall–Kier alpha value is -3.34. The average molecular weight is 346 g/mol. The first-order chi connectivity index (χ1) is 12.5. The highest BCUT2D eigenvalue weighted by Gasteiger charge is 2.29. The number of imidazole rings is 1. The molecule has 1 unspecified atom stereocenters. The standard InChI is InChI=1S/C19H18N6O/c1-13-11-24(26)14(2)19-21-17(22-25(13)19)9-10-18-20-16(12-23(18)3)15-7-5-4-6-8-15/h4-8,11-12,24H,1-3H3,(H,21,22). The van der Waals surface area contributed by atoms with Crippen LogP contribution in [-0.2, 0) is 7.05 Å².